The van der Waals surface area contributed by atoms with E-state index in [1.807, 2.05) is 17.0 Å². The average Bonchev–Trinajstić information content (AvgIpc) is 3.32. The minimum atomic E-state index is -3.83. The van der Waals surface area contributed by atoms with E-state index in [4.69, 9.17) is 0 Å². The van der Waals surface area contributed by atoms with Crippen LogP contribution in [0.2, 0.25) is 0 Å². The maximum atomic E-state index is 13.8. The van der Waals surface area contributed by atoms with Crippen LogP contribution in [-0.4, -0.2) is 44.4 Å². The normalized spacial score (nSPS) is 25.1. The third kappa shape index (κ3) is 3.64. The van der Waals surface area contributed by atoms with Crippen LogP contribution in [0.25, 0.3) is 0 Å². The molecule has 0 unspecified atom stereocenters. The number of amides is 1. The van der Waals surface area contributed by atoms with Crippen molar-refractivity contribution in [2.24, 2.45) is 5.41 Å². The molecule has 1 atom stereocenters. The number of hydrogen-bond acceptors (Lipinski definition) is 3. The molecule has 4 aliphatic rings. The van der Waals surface area contributed by atoms with Gasteiger partial charge in [-0.15, -0.1) is 0 Å². The van der Waals surface area contributed by atoms with Crippen LogP contribution >= 0.6 is 15.9 Å². The lowest BCUT2D eigenvalue weighted by molar-refractivity contribution is 0.0980. The summed E-state index contributed by atoms with van der Waals surface area (Å²) in [6, 6.07) is 12.3. The maximum absolute atomic E-state index is 13.8. The summed E-state index contributed by atoms with van der Waals surface area (Å²) in [5, 5.41) is 0. The highest BCUT2D eigenvalue weighted by molar-refractivity contribution is 9.10. The van der Waals surface area contributed by atoms with Crippen LogP contribution in [-0.2, 0) is 15.4 Å². The number of rotatable bonds is 3. The lowest BCUT2D eigenvalue weighted by Crippen LogP contribution is -2.40. The molecular weight excluding hydrogens is 519 g/mol. The topological polar surface area (TPSA) is 57.7 Å². The SMILES string of the molecule is O=C(c1cccc(S(=O)(=O)N2CC[C@H](F)C2)c1)N1CC2(CCC3(CC3)CC2)c2cc(Br)ccc21. The molecule has 2 saturated carbocycles. The van der Waals surface area contributed by atoms with Gasteiger partial charge in [0.2, 0.25) is 10.0 Å². The van der Waals surface area contributed by atoms with E-state index in [9.17, 15) is 17.6 Å². The fourth-order valence-corrected chi connectivity index (χ4v) is 8.08. The summed E-state index contributed by atoms with van der Waals surface area (Å²) in [5.74, 6) is -0.186. The average molecular weight is 547 g/mol. The second kappa shape index (κ2) is 7.87. The van der Waals surface area contributed by atoms with Crippen LogP contribution in [0.1, 0.15) is 60.9 Å². The van der Waals surface area contributed by atoms with Crippen LogP contribution in [0.5, 0.6) is 0 Å². The van der Waals surface area contributed by atoms with E-state index in [2.05, 4.69) is 22.0 Å². The maximum Gasteiger partial charge on any atom is 0.258 e. The van der Waals surface area contributed by atoms with E-state index in [-0.39, 0.29) is 35.7 Å². The summed E-state index contributed by atoms with van der Waals surface area (Å²) in [6.45, 7) is 0.666. The van der Waals surface area contributed by atoms with Gasteiger partial charge in [0, 0.05) is 40.8 Å². The summed E-state index contributed by atoms with van der Waals surface area (Å²) < 4.78 is 41.9. The van der Waals surface area contributed by atoms with Crippen LogP contribution < -0.4 is 4.90 Å². The number of anilines is 1. The van der Waals surface area contributed by atoms with Crippen LogP contribution in [0.4, 0.5) is 10.1 Å². The Labute approximate surface area is 208 Å². The molecule has 0 bridgehead atoms. The Morgan fingerprint density at radius 2 is 1.76 bits per heavy atom. The van der Waals surface area contributed by atoms with Crippen LogP contribution in [0, 0.1) is 5.41 Å². The van der Waals surface area contributed by atoms with Crippen molar-refractivity contribution in [3.63, 3.8) is 0 Å². The zero-order chi connectivity index (χ0) is 23.7. The van der Waals surface area contributed by atoms with Gasteiger partial charge in [0.25, 0.3) is 5.91 Å². The minimum Gasteiger partial charge on any atom is -0.307 e. The first kappa shape index (κ1) is 22.7. The van der Waals surface area contributed by atoms with Gasteiger partial charge in [-0.2, -0.15) is 4.31 Å². The summed E-state index contributed by atoms with van der Waals surface area (Å²) in [7, 11) is -3.83. The van der Waals surface area contributed by atoms with Gasteiger partial charge in [-0.1, -0.05) is 22.0 Å². The molecule has 2 aliphatic carbocycles. The predicted molar refractivity (Wildman–Crippen MR) is 132 cm³/mol. The summed E-state index contributed by atoms with van der Waals surface area (Å²) >= 11 is 3.62. The molecule has 2 spiro atoms. The van der Waals surface area contributed by atoms with Gasteiger partial charge in [-0.3, -0.25) is 4.79 Å². The molecular formula is C26H28BrFN2O3S. The van der Waals surface area contributed by atoms with Crippen molar-refractivity contribution >= 4 is 37.5 Å². The number of benzene rings is 2. The molecule has 34 heavy (non-hydrogen) atoms. The highest BCUT2D eigenvalue weighted by atomic mass is 79.9. The van der Waals surface area contributed by atoms with Crippen molar-refractivity contribution < 1.29 is 17.6 Å². The van der Waals surface area contributed by atoms with E-state index < -0.39 is 16.2 Å². The van der Waals surface area contributed by atoms with Gasteiger partial charge in [0.1, 0.15) is 6.17 Å². The molecule has 5 nitrogen and oxygen atoms in total. The highest BCUT2D eigenvalue weighted by Gasteiger charge is 2.53. The quantitative estimate of drug-likeness (QED) is 0.515. The summed E-state index contributed by atoms with van der Waals surface area (Å²) in [6.07, 6.45) is 6.31. The van der Waals surface area contributed by atoms with Crippen molar-refractivity contribution in [2.45, 2.75) is 61.4 Å². The van der Waals surface area contributed by atoms with E-state index >= 15 is 0 Å². The zero-order valence-electron chi connectivity index (χ0n) is 19.0. The van der Waals surface area contributed by atoms with Gasteiger partial charge in [0.05, 0.1) is 4.90 Å². The van der Waals surface area contributed by atoms with Crippen molar-refractivity contribution in [1.82, 2.24) is 4.31 Å². The lowest BCUT2D eigenvalue weighted by Gasteiger charge is -2.38. The van der Waals surface area contributed by atoms with Crippen molar-refractivity contribution in [3.05, 3.63) is 58.1 Å². The third-order valence-corrected chi connectivity index (χ3v) is 10.9. The molecule has 0 N–H and O–H groups in total. The molecule has 180 valence electrons. The molecule has 0 radical (unpaired) electrons. The lowest BCUT2D eigenvalue weighted by atomic mass is 9.66. The fourth-order valence-electron chi connectivity index (χ4n) is 6.19. The van der Waals surface area contributed by atoms with Crippen molar-refractivity contribution in [3.8, 4) is 0 Å². The van der Waals surface area contributed by atoms with E-state index in [0.717, 1.165) is 23.0 Å². The third-order valence-electron chi connectivity index (χ3n) is 8.56. The van der Waals surface area contributed by atoms with Crippen molar-refractivity contribution in [1.29, 1.82) is 0 Å². The van der Waals surface area contributed by atoms with E-state index in [1.54, 1.807) is 12.1 Å². The number of hydrogen-bond donors (Lipinski definition) is 0. The first-order valence-electron chi connectivity index (χ1n) is 12.1. The second-order valence-corrected chi connectivity index (χ2v) is 13.5. The number of nitrogens with zero attached hydrogens (tertiary/aromatic N) is 2. The molecule has 0 aromatic heterocycles. The summed E-state index contributed by atoms with van der Waals surface area (Å²) in [4.78, 5) is 15.6. The molecule has 3 fully saturated rings. The number of fused-ring (bicyclic) bond motifs is 2. The monoisotopic (exact) mass is 546 g/mol. The minimum absolute atomic E-state index is 0.0437. The molecule has 1 amide bonds. The largest absolute Gasteiger partial charge is 0.307 e. The number of alkyl halides is 1. The smallest absolute Gasteiger partial charge is 0.258 e. The fraction of sp³-hybridized carbons (Fsp3) is 0.500. The van der Waals surface area contributed by atoms with Gasteiger partial charge < -0.3 is 4.90 Å². The number of carbonyl (C=O) groups excluding carboxylic acids is 1. The van der Waals surface area contributed by atoms with Crippen LogP contribution in [0.3, 0.4) is 0 Å². The predicted octanol–water partition coefficient (Wildman–Crippen LogP) is 5.43. The standard InChI is InChI=1S/C26H28BrFN2O3S/c27-19-4-5-23-22(15-19)26(11-9-25(7-8-25)10-12-26)17-30(23)24(31)18-2-1-3-21(14-18)34(32,33)29-13-6-20(28)16-29/h1-5,14-15,20H,6-13,16-17H2/t20-/m0/s1. The van der Waals surface area contributed by atoms with E-state index in [0.29, 0.717) is 17.5 Å². The van der Waals surface area contributed by atoms with Gasteiger partial charge in [0.15, 0.2) is 0 Å². The number of sulfonamides is 1. The highest BCUT2D eigenvalue weighted by Crippen LogP contribution is 2.62. The van der Waals surface area contributed by atoms with Crippen molar-refractivity contribution in [2.75, 3.05) is 24.5 Å². The Balaban J connectivity index is 1.32. The first-order valence-corrected chi connectivity index (χ1v) is 14.3. The Kier molecular flexibility index (Phi) is 5.25. The molecule has 1 saturated heterocycles. The van der Waals surface area contributed by atoms with Gasteiger partial charge in [-0.05, 0) is 92.3 Å². The zero-order valence-corrected chi connectivity index (χ0v) is 21.4. The molecule has 2 aliphatic heterocycles. The molecule has 2 aromatic carbocycles. The molecule has 8 heteroatoms. The van der Waals surface area contributed by atoms with Crippen LogP contribution in [0.15, 0.2) is 51.8 Å². The van der Waals surface area contributed by atoms with Gasteiger partial charge >= 0.3 is 0 Å². The molecule has 2 aromatic rings. The summed E-state index contributed by atoms with van der Waals surface area (Å²) in [5.41, 5.74) is 3.00. The Bertz CT molecular complexity index is 1270. The van der Waals surface area contributed by atoms with Gasteiger partial charge in [-0.25, -0.2) is 12.8 Å². The molecule has 6 rings (SSSR count). The Hall–Kier alpha value is -1.77. The van der Waals surface area contributed by atoms with E-state index in [1.165, 1.54) is 47.7 Å². The first-order chi connectivity index (χ1) is 16.2. The molecule has 2 heterocycles. The Morgan fingerprint density at radius 1 is 1.03 bits per heavy atom. The Morgan fingerprint density at radius 3 is 2.44 bits per heavy atom. The number of halogens is 2. The second-order valence-electron chi connectivity index (χ2n) is 10.6. The number of carbonyl (C=O) groups is 1.